The van der Waals surface area contributed by atoms with Crippen molar-refractivity contribution in [3.63, 3.8) is 0 Å². The van der Waals surface area contributed by atoms with E-state index in [1.165, 1.54) is 7.11 Å². The van der Waals surface area contributed by atoms with Gasteiger partial charge < -0.3 is 19.5 Å². The molecule has 0 aliphatic heterocycles. The maximum absolute atomic E-state index is 13.8. The van der Waals surface area contributed by atoms with Crippen LogP contribution in [0.5, 0.6) is 11.5 Å². The van der Waals surface area contributed by atoms with Gasteiger partial charge in [0.05, 0.1) is 7.11 Å². The highest BCUT2D eigenvalue weighted by molar-refractivity contribution is 6.59. The summed E-state index contributed by atoms with van der Waals surface area (Å²) in [4.78, 5) is 0. The molecule has 0 atom stereocenters. The molecule has 0 fully saturated rings. The second kappa shape index (κ2) is 6.60. The Hall–Kier alpha value is -2.05. The average molecular weight is 290 g/mol. The number of hydrogen-bond acceptors (Lipinski definition) is 4. The van der Waals surface area contributed by atoms with Crippen molar-refractivity contribution >= 4 is 12.6 Å². The Morgan fingerprint density at radius 3 is 2.57 bits per heavy atom. The molecule has 0 radical (unpaired) electrons. The zero-order valence-electron chi connectivity index (χ0n) is 11.8. The highest BCUT2D eigenvalue weighted by Crippen LogP contribution is 2.21. The monoisotopic (exact) mass is 290 g/mol. The molecule has 21 heavy (non-hydrogen) atoms. The lowest BCUT2D eigenvalue weighted by molar-refractivity contribution is 0.289. The Balaban J connectivity index is 2.17. The predicted molar refractivity (Wildman–Crippen MR) is 78.3 cm³/mol. The van der Waals surface area contributed by atoms with Crippen molar-refractivity contribution in [3.05, 3.63) is 53.3 Å². The number of methoxy groups -OCH3 is 1. The summed E-state index contributed by atoms with van der Waals surface area (Å²) < 4.78 is 24.3. The Morgan fingerprint density at radius 2 is 1.90 bits per heavy atom. The third-order valence-electron chi connectivity index (χ3n) is 3.12. The van der Waals surface area contributed by atoms with Gasteiger partial charge in [-0.1, -0.05) is 24.3 Å². The van der Waals surface area contributed by atoms with E-state index in [9.17, 15) is 14.4 Å². The summed E-state index contributed by atoms with van der Waals surface area (Å²) >= 11 is 0. The van der Waals surface area contributed by atoms with E-state index < -0.39 is 12.9 Å². The molecule has 2 aromatic carbocycles. The summed E-state index contributed by atoms with van der Waals surface area (Å²) in [6, 6.07) is 9.81. The van der Waals surface area contributed by atoms with Crippen LogP contribution < -0.4 is 14.9 Å². The molecule has 2 rings (SSSR count). The number of ether oxygens (including phenoxy) is 2. The summed E-state index contributed by atoms with van der Waals surface area (Å²) in [6.45, 7) is 1.78. The molecule has 0 saturated carbocycles. The van der Waals surface area contributed by atoms with Crippen molar-refractivity contribution in [3.8, 4) is 11.5 Å². The standard InChI is InChI=1S/C15H16BFO4/c1-10-4-3-5-14(15(10)17)21-9-11-6-7-13(20-2)12(8-11)16(18)19/h3-8,18-19H,9H2,1-2H3. The fraction of sp³-hybridized carbons (Fsp3) is 0.200. The van der Waals surface area contributed by atoms with E-state index in [1.54, 1.807) is 43.3 Å². The maximum Gasteiger partial charge on any atom is 0.492 e. The minimum absolute atomic E-state index is 0.115. The largest absolute Gasteiger partial charge is 0.497 e. The lowest BCUT2D eigenvalue weighted by Crippen LogP contribution is -2.31. The Kier molecular flexibility index (Phi) is 4.83. The van der Waals surface area contributed by atoms with Crippen molar-refractivity contribution in [1.29, 1.82) is 0 Å². The van der Waals surface area contributed by atoms with Crippen molar-refractivity contribution in [1.82, 2.24) is 0 Å². The van der Waals surface area contributed by atoms with Gasteiger partial charge in [-0.2, -0.15) is 0 Å². The predicted octanol–water partition coefficient (Wildman–Crippen LogP) is 1.40. The van der Waals surface area contributed by atoms with Gasteiger partial charge in [-0.3, -0.25) is 0 Å². The molecule has 110 valence electrons. The first kappa shape index (κ1) is 15.3. The number of halogens is 1. The van der Waals surface area contributed by atoms with Crippen LogP contribution in [0, 0.1) is 12.7 Å². The zero-order chi connectivity index (χ0) is 15.4. The van der Waals surface area contributed by atoms with Crippen LogP contribution in [0.4, 0.5) is 4.39 Å². The molecule has 2 aromatic rings. The normalized spacial score (nSPS) is 10.3. The first-order valence-electron chi connectivity index (χ1n) is 6.43. The van der Waals surface area contributed by atoms with Crippen LogP contribution in [-0.4, -0.2) is 24.3 Å². The van der Waals surface area contributed by atoms with Crippen LogP contribution in [0.2, 0.25) is 0 Å². The van der Waals surface area contributed by atoms with E-state index in [-0.39, 0.29) is 17.8 Å². The van der Waals surface area contributed by atoms with Crippen LogP contribution in [0.25, 0.3) is 0 Å². The van der Waals surface area contributed by atoms with Gasteiger partial charge in [-0.15, -0.1) is 0 Å². The van der Waals surface area contributed by atoms with Gasteiger partial charge in [0, 0.05) is 5.46 Å². The maximum atomic E-state index is 13.8. The van der Waals surface area contributed by atoms with Gasteiger partial charge in [0.15, 0.2) is 11.6 Å². The molecule has 0 aromatic heterocycles. The van der Waals surface area contributed by atoms with E-state index in [0.717, 1.165) is 0 Å². The Labute approximate surface area is 122 Å². The summed E-state index contributed by atoms with van der Waals surface area (Å²) in [6.07, 6.45) is 0. The fourth-order valence-electron chi connectivity index (χ4n) is 1.97. The molecule has 2 N–H and O–H groups in total. The molecule has 0 amide bonds. The number of rotatable bonds is 5. The third-order valence-corrected chi connectivity index (χ3v) is 3.12. The quantitative estimate of drug-likeness (QED) is 0.817. The first-order valence-corrected chi connectivity index (χ1v) is 6.43. The highest BCUT2D eigenvalue weighted by atomic mass is 19.1. The third kappa shape index (κ3) is 3.54. The SMILES string of the molecule is COc1ccc(COc2cccc(C)c2F)cc1B(O)O. The molecule has 0 spiro atoms. The Bertz CT molecular complexity index is 631. The van der Waals surface area contributed by atoms with E-state index in [2.05, 4.69) is 0 Å². The van der Waals surface area contributed by atoms with Crippen molar-refractivity contribution in [2.75, 3.05) is 7.11 Å². The second-order valence-electron chi connectivity index (χ2n) is 4.63. The molecule has 0 aliphatic rings. The molecule has 4 nitrogen and oxygen atoms in total. The molecule has 0 saturated heterocycles. The van der Waals surface area contributed by atoms with Crippen LogP contribution in [0.15, 0.2) is 36.4 Å². The number of benzene rings is 2. The summed E-state index contributed by atoms with van der Waals surface area (Å²) in [5.41, 5.74) is 1.43. The topological polar surface area (TPSA) is 58.9 Å². The Morgan fingerprint density at radius 1 is 1.14 bits per heavy atom. The van der Waals surface area contributed by atoms with Crippen molar-refractivity contribution < 1.29 is 23.9 Å². The fourth-order valence-corrected chi connectivity index (χ4v) is 1.97. The second-order valence-corrected chi connectivity index (χ2v) is 4.63. The lowest BCUT2D eigenvalue weighted by atomic mass is 9.79. The minimum atomic E-state index is -1.64. The van der Waals surface area contributed by atoms with E-state index in [4.69, 9.17) is 9.47 Å². The van der Waals surface area contributed by atoms with Crippen molar-refractivity contribution in [2.45, 2.75) is 13.5 Å². The molecular formula is C15H16BFO4. The summed E-state index contributed by atoms with van der Waals surface area (Å²) in [5.74, 6) is 0.140. The van der Waals surface area contributed by atoms with Gasteiger partial charge in [0.25, 0.3) is 0 Å². The molecule has 0 unspecified atom stereocenters. The zero-order valence-corrected chi connectivity index (χ0v) is 11.8. The lowest BCUT2D eigenvalue weighted by Gasteiger charge is -2.12. The molecule has 0 heterocycles. The first-order chi connectivity index (χ1) is 10.0. The van der Waals surface area contributed by atoms with Crippen molar-refractivity contribution in [2.24, 2.45) is 0 Å². The number of aryl methyl sites for hydroxylation is 1. The van der Waals surface area contributed by atoms with Crippen LogP contribution in [-0.2, 0) is 6.61 Å². The average Bonchev–Trinajstić information content (AvgIpc) is 2.48. The van der Waals surface area contributed by atoms with Crippen LogP contribution in [0.1, 0.15) is 11.1 Å². The van der Waals surface area contributed by atoms with Crippen LogP contribution in [0.3, 0.4) is 0 Å². The van der Waals surface area contributed by atoms with E-state index >= 15 is 0 Å². The molecular weight excluding hydrogens is 274 g/mol. The van der Waals surface area contributed by atoms with Gasteiger partial charge in [0.2, 0.25) is 0 Å². The van der Waals surface area contributed by atoms with Gasteiger partial charge in [0.1, 0.15) is 12.4 Å². The van der Waals surface area contributed by atoms with Gasteiger partial charge in [-0.05, 0) is 30.2 Å². The summed E-state index contributed by atoms with van der Waals surface area (Å²) in [5, 5.41) is 18.6. The minimum Gasteiger partial charge on any atom is -0.497 e. The number of hydrogen-bond donors (Lipinski definition) is 2. The van der Waals surface area contributed by atoms with E-state index in [0.29, 0.717) is 16.9 Å². The van der Waals surface area contributed by atoms with Crippen LogP contribution >= 0.6 is 0 Å². The summed E-state index contributed by atoms with van der Waals surface area (Å²) in [7, 11) is -0.199. The molecule has 0 aliphatic carbocycles. The smallest absolute Gasteiger partial charge is 0.492 e. The molecule has 6 heteroatoms. The molecule has 0 bridgehead atoms. The van der Waals surface area contributed by atoms with Gasteiger partial charge in [-0.25, -0.2) is 4.39 Å². The van der Waals surface area contributed by atoms with Gasteiger partial charge >= 0.3 is 7.12 Å². The van der Waals surface area contributed by atoms with E-state index in [1.807, 2.05) is 0 Å². The highest BCUT2D eigenvalue weighted by Gasteiger charge is 2.17.